The molecule has 9 heteroatoms. The Labute approximate surface area is 181 Å². The van der Waals surface area contributed by atoms with Crippen LogP contribution in [-0.4, -0.2) is 66.8 Å². The Bertz CT molecular complexity index is 830. The summed E-state index contributed by atoms with van der Waals surface area (Å²) in [5.74, 6) is -3.07. The molecule has 0 radical (unpaired) electrons. The number of ether oxygens (including phenoxy) is 1. The van der Waals surface area contributed by atoms with Gasteiger partial charge in [0.2, 0.25) is 5.91 Å². The number of carboxylic acid groups (broad SMARTS) is 2. The zero-order chi connectivity index (χ0) is 23.2. The Morgan fingerprint density at radius 2 is 1.55 bits per heavy atom. The van der Waals surface area contributed by atoms with E-state index < -0.39 is 18.0 Å². The standard InChI is InChI=1S/C20H27N3O2.C2H2O4/c1-4-25-18-13-9-8-12-17(18)22-20(24)19(21-14-15-23(2)3)16-10-6-5-7-11-16;3-1(4)2(5)6/h5-13,19,21H,4,14-15H2,1-3H3,(H,22,24);(H,3,4)(H,5,6). The Balaban J connectivity index is 0.000000703. The van der Waals surface area contributed by atoms with Gasteiger partial charge in [-0.25, -0.2) is 9.59 Å². The fourth-order valence-electron chi connectivity index (χ4n) is 2.50. The summed E-state index contributed by atoms with van der Waals surface area (Å²) in [5.41, 5.74) is 1.62. The van der Waals surface area contributed by atoms with Gasteiger partial charge in [0.15, 0.2) is 0 Å². The van der Waals surface area contributed by atoms with Crippen molar-refractivity contribution in [2.24, 2.45) is 0 Å². The number of carbonyl (C=O) groups is 3. The first kappa shape index (κ1) is 25.6. The van der Waals surface area contributed by atoms with Crippen molar-refractivity contribution in [3.8, 4) is 5.75 Å². The predicted octanol–water partition coefficient (Wildman–Crippen LogP) is 2.07. The first-order chi connectivity index (χ1) is 14.8. The van der Waals surface area contributed by atoms with Gasteiger partial charge in [-0.05, 0) is 38.7 Å². The first-order valence-electron chi connectivity index (χ1n) is 9.68. The number of rotatable bonds is 9. The number of anilines is 1. The van der Waals surface area contributed by atoms with E-state index in [1.54, 1.807) is 0 Å². The van der Waals surface area contributed by atoms with E-state index in [-0.39, 0.29) is 5.91 Å². The molecule has 0 aliphatic rings. The molecule has 0 saturated carbocycles. The minimum atomic E-state index is -1.82. The number of para-hydroxylation sites is 2. The number of aliphatic carboxylic acids is 2. The minimum absolute atomic E-state index is 0.0999. The maximum absolute atomic E-state index is 12.9. The van der Waals surface area contributed by atoms with Crippen LogP contribution in [0.1, 0.15) is 18.5 Å². The van der Waals surface area contributed by atoms with E-state index in [0.717, 1.165) is 12.1 Å². The van der Waals surface area contributed by atoms with Crippen molar-refractivity contribution in [3.05, 3.63) is 60.2 Å². The fourth-order valence-corrected chi connectivity index (χ4v) is 2.50. The van der Waals surface area contributed by atoms with Gasteiger partial charge >= 0.3 is 11.9 Å². The van der Waals surface area contributed by atoms with Crippen molar-refractivity contribution in [1.82, 2.24) is 10.2 Å². The lowest BCUT2D eigenvalue weighted by molar-refractivity contribution is -0.159. The number of hydrogen-bond donors (Lipinski definition) is 4. The van der Waals surface area contributed by atoms with Crippen molar-refractivity contribution in [3.63, 3.8) is 0 Å². The van der Waals surface area contributed by atoms with E-state index in [4.69, 9.17) is 24.5 Å². The van der Waals surface area contributed by atoms with Crippen LogP contribution in [0, 0.1) is 0 Å². The number of amides is 1. The molecule has 0 aliphatic heterocycles. The van der Waals surface area contributed by atoms with Crippen molar-refractivity contribution in [2.45, 2.75) is 13.0 Å². The SMILES string of the molecule is CCOc1ccccc1NC(=O)C(NCCN(C)C)c1ccccc1.O=C(O)C(=O)O. The Morgan fingerprint density at radius 3 is 2.10 bits per heavy atom. The lowest BCUT2D eigenvalue weighted by atomic mass is 10.1. The van der Waals surface area contributed by atoms with Gasteiger partial charge in [0.1, 0.15) is 11.8 Å². The lowest BCUT2D eigenvalue weighted by Gasteiger charge is -2.21. The predicted molar refractivity (Wildman–Crippen MR) is 117 cm³/mol. The third-order valence-corrected chi connectivity index (χ3v) is 3.93. The van der Waals surface area contributed by atoms with Gasteiger partial charge in [-0.2, -0.15) is 0 Å². The van der Waals surface area contributed by atoms with Crippen molar-refractivity contribution in [2.75, 3.05) is 39.1 Å². The van der Waals surface area contributed by atoms with E-state index in [1.807, 2.05) is 75.6 Å². The van der Waals surface area contributed by atoms with Gasteiger partial charge in [-0.15, -0.1) is 0 Å². The highest BCUT2D eigenvalue weighted by molar-refractivity contribution is 6.27. The molecular weight excluding hydrogens is 402 g/mol. The largest absolute Gasteiger partial charge is 0.492 e. The molecule has 0 fully saturated rings. The maximum atomic E-state index is 12.9. The number of carbonyl (C=O) groups excluding carboxylic acids is 1. The van der Waals surface area contributed by atoms with Crippen LogP contribution in [-0.2, 0) is 14.4 Å². The Hall–Kier alpha value is -3.43. The quantitative estimate of drug-likeness (QED) is 0.444. The average molecular weight is 431 g/mol. The molecule has 9 nitrogen and oxygen atoms in total. The van der Waals surface area contributed by atoms with Gasteiger partial charge < -0.3 is 30.5 Å². The number of nitrogens with one attached hydrogen (secondary N) is 2. The topological polar surface area (TPSA) is 128 Å². The summed E-state index contributed by atoms with van der Waals surface area (Å²) in [6, 6.07) is 16.8. The van der Waals surface area contributed by atoms with Gasteiger partial charge in [0.05, 0.1) is 12.3 Å². The van der Waals surface area contributed by atoms with E-state index in [1.165, 1.54) is 0 Å². The molecule has 2 aromatic rings. The third-order valence-electron chi connectivity index (χ3n) is 3.93. The van der Waals surface area contributed by atoms with Crippen molar-refractivity contribution >= 4 is 23.5 Å². The van der Waals surface area contributed by atoms with Crippen molar-refractivity contribution in [1.29, 1.82) is 0 Å². The summed E-state index contributed by atoms with van der Waals surface area (Å²) in [6.45, 7) is 4.05. The van der Waals surface area contributed by atoms with E-state index in [2.05, 4.69) is 15.5 Å². The number of likely N-dealkylation sites (N-methyl/N-ethyl adjacent to an activating group) is 1. The molecule has 0 aromatic heterocycles. The van der Waals surface area contributed by atoms with Gasteiger partial charge in [-0.3, -0.25) is 4.79 Å². The summed E-state index contributed by atoms with van der Waals surface area (Å²) in [6.07, 6.45) is 0. The average Bonchev–Trinajstić information content (AvgIpc) is 2.73. The van der Waals surface area contributed by atoms with Crippen LogP contribution in [0.5, 0.6) is 5.75 Å². The second-order valence-corrected chi connectivity index (χ2v) is 6.63. The van der Waals surface area contributed by atoms with E-state index >= 15 is 0 Å². The van der Waals surface area contributed by atoms with Crippen LogP contribution >= 0.6 is 0 Å². The molecule has 168 valence electrons. The minimum Gasteiger partial charge on any atom is -0.492 e. The van der Waals surface area contributed by atoms with Crippen LogP contribution < -0.4 is 15.4 Å². The summed E-state index contributed by atoms with van der Waals surface area (Å²) < 4.78 is 5.59. The molecule has 1 atom stereocenters. The molecule has 1 unspecified atom stereocenters. The smallest absolute Gasteiger partial charge is 0.414 e. The van der Waals surface area contributed by atoms with Crippen LogP contribution in [0.25, 0.3) is 0 Å². The van der Waals surface area contributed by atoms with Gasteiger partial charge in [-0.1, -0.05) is 42.5 Å². The molecule has 2 rings (SSSR count). The molecule has 0 spiro atoms. The van der Waals surface area contributed by atoms with Crippen LogP contribution in [0.4, 0.5) is 5.69 Å². The summed E-state index contributed by atoms with van der Waals surface area (Å²) in [5, 5.41) is 21.1. The summed E-state index contributed by atoms with van der Waals surface area (Å²) in [7, 11) is 4.02. The van der Waals surface area contributed by atoms with E-state index in [9.17, 15) is 4.79 Å². The Morgan fingerprint density at radius 1 is 0.968 bits per heavy atom. The fraction of sp³-hybridized carbons (Fsp3) is 0.318. The number of nitrogens with zero attached hydrogens (tertiary/aromatic N) is 1. The number of benzene rings is 2. The van der Waals surface area contributed by atoms with Crippen LogP contribution in [0.15, 0.2) is 54.6 Å². The molecule has 0 bridgehead atoms. The molecule has 0 saturated heterocycles. The highest BCUT2D eigenvalue weighted by Gasteiger charge is 2.21. The van der Waals surface area contributed by atoms with Gasteiger partial charge in [0.25, 0.3) is 0 Å². The molecule has 2 aromatic carbocycles. The molecule has 4 N–H and O–H groups in total. The van der Waals surface area contributed by atoms with Gasteiger partial charge in [0, 0.05) is 13.1 Å². The monoisotopic (exact) mass is 431 g/mol. The Kier molecular flexibility index (Phi) is 11.3. The number of carboxylic acids is 2. The second kappa shape index (κ2) is 13.7. The zero-order valence-electron chi connectivity index (χ0n) is 17.9. The number of hydrogen-bond acceptors (Lipinski definition) is 6. The highest BCUT2D eigenvalue weighted by Crippen LogP contribution is 2.25. The zero-order valence-corrected chi connectivity index (χ0v) is 17.9. The normalized spacial score (nSPS) is 11.1. The molecule has 0 aliphatic carbocycles. The van der Waals surface area contributed by atoms with Crippen LogP contribution in [0.3, 0.4) is 0 Å². The van der Waals surface area contributed by atoms with E-state index in [0.29, 0.717) is 24.6 Å². The van der Waals surface area contributed by atoms with Crippen LogP contribution in [0.2, 0.25) is 0 Å². The lowest BCUT2D eigenvalue weighted by Crippen LogP contribution is -2.36. The molecular formula is C22H29N3O6. The summed E-state index contributed by atoms with van der Waals surface area (Å²) in [4.78, 5) is 33.2. The molecule has 0 heterocycles. The van der Waals surface area contributed by atoms with Crippen molar-refractivity contribution < 1.29 is 29.3 Å². The summed E-state index contributed by atoms with van der Waals surface area (Å²) >= 11 is 0. The second-order valence-electron chi connectivity index (χ2n) is 6.63. The molecule has 1 amide bonds. The first-order valence-corrected chi connectivity index (χ1v) is 9.68. The maximum Gasteiger partial charge on any atom is 0.414 e. The molecule has 31 heavy (non-hydrogen) atoms. The third kappa shape index (κ3) is 9.75. The highest BCUT2D eigenvalue weighted by atomic mass is 16.5.